The highest BCUT2D eigenvalue weighted by Gasteiger charge is 2.18. The first-order valence-electron chi connectivity index (χ1n) is 9.95. The molecule has 2 heterocycles. The van der Waals surface area contributed by atoms with Gasteiger partial charge in [-0.05, 0) is 37.6 Å². The molecule has 152 valence electrons. The quantitative estimate of drug-likeness (QED) is 0.793. The van der Waals surface area contributed by atoms with E-state index in [9.17, 15) is 4.79 Å². The monoisotopic (exact) mass is 385 g/mol. The molecule has 7 nitrogen and oxygen atoms in total. The van der Waals surface area contributed by atoms with Crippen LogP contribution in [0.5, 0.6) is 5.75 Å². The minimum atomic E-state index is -0.305. The summed E-state index contributed by atoms with van der Waals surface area (Å²) in [7, 11) is 2.15. The van der Waals surface area contributed by atoms with Gasteiger partial charge in [0.05, 0.1) is 17.9 Å². The van der Waals surface area contributed by atoms with Gasteiger partial charge in [0.2, 0.25) is 0 Å². The maximum absolute atomic E-state index is 12.4. The Balaban J connectivity index is 1.97. The molecule has 1 aliphatic heterocycles. The maximum atomic E-state index is 12.4. The smallest absolute Gasteiger partial charge is 0.274 e. The maximum Gasteiger partial charge on any atom is 0.274 e. The van der Waals surface area contributed by atoms with Crippen LogP contribution >= 0.6 is 0 Å². The van der Waals surface area contributed by atoms with Crippen LogP contribution in [0.1, 0.15) is 37.9 Å². The largest absolute Gasteiger partial charge is 0.493 e. The molecular formula is C21H31N5O2. The minimum Gasteiger partial charge on any atom is -0.493 e. The summed E-state index contributed by atoms with van der Waals surface area (Å²) in [5.74, 6) is 1.28. The second-order valence-electron chi connectivity index (χ2n) is 7.71. The first-order valence-corrected chi connectivity index (χ1v) is 9.95. The topological polar surface area (TPSA) is 87.5 Å². The van der Waals surface area contributed by atoms with Gasteiger partial charge in [-0.1, -0.05) is 19.9 Å². The minimum absolute atomic E-state index is 0.0603. The number of piperazine rings is 1. The molecule has 0 atom stereocenters. The van der Waals surface area contributed by atoms with Gasteiger partial charge in [0.25, 0.3) is 5.56 Å². The molecule has 1 fully saturated rings. The van der Waals surface area contributed by atoms with E-state index in [-0.39, 0.29) is 17.2 Å². The van der Waals surface area contributed by atoms with E-state index in [0.29, 0.717) is 23.9 Å². The molecule has 1 saturated heterocycles. The lowest BCUT2D eigenvalue weighted by Crippen LogP contribution is -2.43. The van der Waals surface area contributed by atoms with Crippen LogP contribution in [-0.4, -0.2) is 59.6 Å². The van der Waals surface area contributed by atoms with Crippen molar-refractivity contribution in [1.82, 2.24) is 19.8 Å². The van der Waals surface area contributed by atoms with Crippen molar-refractivity contribution in [2.75, 3.05) is 45.6 Å². The highest BCUT2D eigenvalue weighted by Crippen LogP contribution is 2.30. The number of aromatic amines is 1. The Morgan fingerprint density at radius 2 is 1.96 bits per heavy atom. The Bertz CT molecular complexity index is 870. The van der Waals surface area contributed by atoms with E-state index in [0.717, 1.165) is 38.3 Å². The van der Waals surface area contributed by atoms with Crippen molar-refractivity contribution in [2.24, 2.45) is 0 Å². The molecule has 2 aromatic rings. The number of benzene rings is 1. The van der Waals surface area contributed by atoms with Crippen molar-refractivity contribution in [3.63, 3.8) is 0 Å². The van der Waals surface area contributed by atoms with Crippen LogP contribution in [0.3, 0.4) is 0 Å². The van der Waals surface area contributed by atoms with Gasteiger partial charge in [-0.2, -0.15) is 0 Å². The molecule has 0 saturated carbocycles. The zero-order valence-corrected chi connectivity index (χ0v) is 17.3. The van der Waals surface area contributed by atoms with E-state index in [1.807, 2.05) is 26.8 Å². The SMILES string of the molecule is CCOc1ccc(CN2CCN(C)CC2)cc1-c1nc(C(C)C)c(N)c(=O)[nH]1. The van der Waals surface area contributed by atoms with Crippen LogP contribution in [0.4, 0.5) is 5.69 Å². The van der Waals surface area contributed by atoms with Gasteiger partial charge in [-0.3, -0.25) is 9.69 Å². The Kier molecular flexibility index (Phi) is 6.36. The van der Waals surface area contributed by atoms with Gasteiger partial charge in [0.1, 0.15) is 17.3 Å². The van der Waals surface area contributed by atoms with E-state index < -0.39 is 0 Å². The van der Waals surface area contributed by atoms with Crippen molar-refractivity contribution in [1.29, 1.82) is 0 Å². The summed E-state index contributed by atoms with van der Waals surface area (Å²) in [4.78, 5) is 24.6. The Hall–Kier alpha value is -2.38. The number of H-pyrrole nitrogens is 1. The van der Waals surface area contributed by atoms with Gasteiger partial charge >= 0.3 is 0 Å². The molecule has 3 rings (SSSR count). The van der Waals surface area contributed by atoms with Crippen molar-refractivity contribution in [3.8, 4) is 17.1 Å². The highest BCUT2D eigenvalue weighted by molar-refractivity contribution is 5.66. The average Bonchev–Trinajstić information content (AvgIpc) is 2.67. The normalized spacial score (nSPS) is 15.9. The third-order valence-electron chi connectivity index (χ3n) is 5.13. The summed E-state index contributed by atoms with van der Waals surface area (Å²) in [6.45, 7) is 11.6. The molecule has 28 heavy (non-hydrogen) atoms. The number of nitrogens with two attached hydrogens (primary N) is 1. The number of nitrogens with zero attached hydrogens (tertiary/aromatic N) is 3. The van der Waals surface area contributed by atoms with E-state index in [2.05, 4.69) is 38.9 Å². The molecule has 1 aromatic heterocycles. The van der Waals surface area contributed by atoms with Crippen molar-refractivity contribution < 1.29 is 4.74 Å². The van der Waals surface area contributed by atoms with Gasteiger partial charge < -0.3 is 20.4 Å². The van der Waals surface area contributed by atoms with Crippen LogP contribution in [0.25, 0.3) is 11.4 Å². The number of ether oxygens (including phenoxy) is 1. The molecule has 0 bridgehead atoms. The molecule has 1 aliphatic rings. The van der Waals surface area contributed by atoms with Gasteiger partial charge in [-0.25, -0.2) is 4.98 Å². The molecule has 0 aliphatic carbocycles. The fourth-order valence-electron chi connectivity index (χ4n) is 3.47. The number of nitrogens with one attached hydrogen (secondary N) is 1. The van der Waals surface area contributed by atoms with E-state index >= 15 is 0 Å². The first kappa shape index (κ1) is 20.4. The molecule has 0 amide bonds. The van der Waals surface area contributed by atoms with Gasteiger partial charge in [0.15, 0.2) is 0 Å². The first-order chi connectivity index (χ1) is 13.4. The standard InChI is InChI=1S/C21H31N5O2/c1-5-28-17-7-6-15(13-26-10-8-25(4)9-11-26)12-16(17)20-23-19(14(2)3)18(22)21(27)24-20/h6-7,12,14H,5,8-11,13,22H2,1-4H3,(H,23,24,27). The van der Waals surface area contributed by atoms with Gasteiger partial charge in [0, 0.05) is 32.7 Å². The summed E-state index contributed by atoms with van der Waals surface area (Å²) in [6.07, 6.45) is 0. The van der Waals surface area contributed by atoms with Crippen LogP contribution in [0, 0.1) is 0 Å². The zero-order valence-electron chi connectivity index (χ0n) is 17.3. The Morgan fingerprint density at radius 1 is 1.25 bits per heavy atom. The summed E-state index contributed by atoms with van der Waals surface area (Å²) >= 11 is 0. The number of likely N-dealkylation sites (N-methyl/N-ethyl adjacent to an activating group) is 1. The van der Waals surface area contributed by atoms with Crippen molar-refractivity contribution >= 4 is 5.69 Å². The van der Waals surface area contributed by atoms with E-state index in [1.165, 1.54) is 5.56 Å². The summed E-state index contributed by atoms with van der Waals surface area (Å²) in [5, 5.41) is 0. The molecule has 0 unspecified atom stereocenters. The fraction of sp³-hybridized carbons (Fsp3) is 0.524. The molecule has 1 aromatic carbocycles. The summed E-state index contributed by atoms with van der Waals surface area (Å²) in [6, 6.07) is 6.13. The number of anilines is 1. The molecule has 7 heteroatoms. The number of aromatic nitrogens is 2. The van der Waals surface area contributed by atoms with Crippen molar-refractivity contribution in [2.45, 2.75) is 33.2 Å². The number of rotatable bonds is 6. The lowest BCUT2D eigenvalue weighted by Gasteiger charge is -2.32. The number of nitrogen functional groups attached to an aromatic ring is 1. The van der Waals surface area contributed by atoms with Gasteiger partial charge in [-0.15, -0.1) is 0 Å². The molecule has 3 N–H and O–H groups in total. The Morgan fingerprint density at radius 3 is 2.61 bits per heavy atom. The second-order valence-corrected chi connectivity index (χ2v) is 7.71. The zero-order chi connectivity index (χ0) is 20.3. The average molecular weight is 386 g/mol. The summed E-state index contributed by atoms with van der Waals surface area (Å²) in [5.41, 5.74) is 8.41. The lowest BCUT2D eigenvalue weighted by atomic mass is 10.1. The predicted octanol–water partition coefficient (Wildman–Crippen LogP) is 2.29. The molecule has 0 radical (unpaired) electrons. The Labute approximate surface area is 166 Å². The van der Waals surface area contributed by atoms with Crippen molar-refractivity contribution in [3.05, 3.63) is 39.8 Å². The van der Waals surface area contributed by atoms with Crippen LogP contribution in [0.15, 0.2) is 23.0 Å². The van der Waals surface area contributed by atoms with E-state index in [4.69, 9.17) is 10.5 Å². The predicted molar refractivity (Wildman–Crippen MR) is 113 cm³/mol. The molecule has 0 spiro atoms. The van der Waals surface area contributed by atoms with Crippen LogP contribution in [0.2, 0.25) is 0 Å². The third-order valence-corrected chi connectivity index (χ3v) is 5.13. The molecular weight excluding hydrogens is 354 g/mol. The van der Waals surface area contributed by atoms with E-state index in [1.54, 1.807) is 0 Å². The third kappa shape index (κ3) is 4.54. The second kappa shape index (κ2) is 8.75. The summed E-state index contributed by atoms with van der Waals surface area (Å²) < 4.78 is 5.81. The lowest BCUT2D eigenvalue weighted by molar-refractivity contribution is 0.148. The number of hydrogen-bond donors (Lipinski definition) is 2. The highest BCUT2D eigenvalue weighted by atomic mass is 16.5. The van der Waals surface area contributed by atoms with Crippen LogP contribution < -0.4 is 16.0 Å². The number of hydrogen-bond acceptors (Lipinski definition) is 6. The fourth-order valence-corrected chi connectivity index (χ4v) is 3.47. The van der Waals surface area contributed by atoms with Crippen LogP contribution in [-0.2, 0) is 6.54 Å².